The summed E-state index contributed by atoms with van der Waals surface area (Å²) in [5.74, 6) is -0.820. The van der Waals surface area contributed by atoms with Crippen LogP contribution in [-0.2, 0) is 16.6 Å². The van der Waals surface area contributed by atoms with Crippen molar-refractivity contribution in [3.63, 3.8) is 0 Å². The average molecular weight is 555 g/mol. The Labute approximate surface area is 238 Å². The number of hydrogen-bond donors (Lipinski definition) is 1. The molecule has 1 aromatic heterocycles. The molecule has 1 atom stereocenters. The van der Waals surface area contributed by atoms with Crippen LogP contribution in [0.4, 0.5) is 0 Å². The van der Waals surface area contributed by atoms with Crippen molar-refractivity contribution in [2.75, 3.05) is 13.7 Å². The zero-order valence-corrected chi connectivity index (χ0v) is 23.5. The smallest absolute Gasteiger partial charge is 0.325 e. The highest BCUT2D eigenvalue weighted by molar-refractivity contribution is 6.30. The lowest BCUT2D eigenvalue weighted by atomic mass is 9.82. The summed E-state index contributed by atoms with van der Waals surface area (Å²) < 4.78 is 6.12. The maximum Gasteiger partial charge on any atom is 0.325 e. The Morgan fingerprint density at radius 1 is 0.950 bits per heavy atom. The zero-order valence-electron chi connectivity index (χ0n) is 22.7. The van der Waals surface area contributed by atoms with E-state index in [9.17, 15) is 14.4 Å². The number of ether oxygens (including phenoxy) is 1. The number of benzene rings is 3. The standard InChI is InChI=1S/C33H31ClN2O4/c1-21(27-13-16-31(37)36(3)20-27)18-30(29-15-14-28(34)17-22(29)2)25-9-5-23(6-10-25)24-7-11-26(12-8-24)33(39)35-19-32(38)40-4/h5-17,20,30H,1,18-19H2,2-4H3,(H,35,39). The van der Waals surface area contributed by atoms with Crippen LogP contribution in [0.3, 0.4) is 0 Å². The van der Waals surface area contributed by atoms with Crippen molar-refractivity contribution in [3.05, 3.63) is 135 Å². The van der Waals surface area contributed by atoms with Crippen molar-refractivity contribution >= 4 is 29.1 Å². The van der Waals surface area contributed by atoms with Gasteiger partial charge in [-0.05, 0) is 82.6 Å². The van der Waals surface area contributed by atoms with Crippen LogP contribution in [0.25, 0.3) is 16.7 Å². The second-order valence-corrected chi connectivity index (χ2v) is 10.1. The van der Waals surface area contributed by atoms with E-state index in [1.54, 1.807) is 29.8 Å². The molecular weight excluding hydrogens is 524 g/mol. The molecule has 0 radical (unpaired) electrons. The number of amides is 1. The fourth-order valence-electron chi connectivity index (χ4n) is 4.65. The molecule has 7 heteroatoms. The van der Waals surface area contributed by atoms with E-state index >= 15 is 0 Å². The SMILES string of the molecule is C=C(CC(c1ccc(-c2ccc(C(=O)NCC(=O)OC)cc2)cc1)c1ccc(Cl)cc1C)c1ccc(=O)n(C)c1. The topological polar surface area (TPSA) is 77.4 Å². The minimum Gasteiger partial charge on any atom is -0.468 e. The lowest BCUT2D eigenvalue weighted by molar-refractivity contribution is -0.139. The molecular formula is C33H31ClN2O4. The van der Waals surface area contributed by atoms with Crippen molar-refractivity contribution in [1.82, 2.24) is 9.88 Å². The molecule has 4 aromatic rings. The number of aryl methyl sites for hydroxylation is 2. The molecule has 4 rings (SSSR count). The first kappa shape index (κ1) is 28.6. The Morgan fingerprint density at radius 2 is 1.57 bits per heavy atom. The van der Waals surface area contributed by atoms with Gasteiger partial charge in [-0.15, -0.1) is 0 Å². The number of esters is 1. The highest BCUT2D eigenvalue weighted by atomic mass is 35.5. The van der Waals surface area contributed by atoms with Crippen molar-refractivity contribution in [2.45, 2.75) is 19.3 Å². The number of aromatic nitrogens is 1. The quantitative estimate of drug-likeness (QED) is 0.252. The minimum atomic E-state index is -0.505. The second-order valence-electron chi connectivity index (χ2n) is 9.69. The van der Waals surface area contributed by atoms with Crippen LogP contribution < -0.4 is 10.9 Å². The van der Waals surface area contributed by atoms with E-state index in [-0.39, 0.29) is 23.9 Å². The normalized spacial score (nSPS) is 11.5. The number of methoxy groups -OCH3 is 1. The van der Waals surface area contributed by atoms with E-state index in [0.29, 0.717) is 17.0 Å². The van der Waals surface area contributed by atoms with Crippen LogP contribution in [0.2, 0.25) is 5.02 Å². The Balaban J connectivity index is 1.59. The van der Waals surface area contributed by atoms with Crippen LogP contribution in [0, 0.1) is 6.92 Å². The lowest BCUT2D eigenvalue weighted by Crippen LogP contribution is -2.30. The Bertz CT molecular complexity index is 1610. The Morgan fingerprint density at radius 3 is 2.17 bits per heavy atom. The highest BCUT2D eigenvalue weighted by Gasteiger charge is 2.19. The first-order chi connectivity index (χ1) is 19.2. The van der Waals surface area contributed by atoms with Gasteiger partial charge >= 0.3 is 5.97 Å². The Kier molecular flexibility index (Phi) is 9.02. The van der Waals surface area contributed by atoms with Gasteiger partial charge in [0.1, 0.15) is 6.54 Å². The maximum absolute atomic E-state index is 12.3. The number of pyridine rings is 1. The molecule has 0 spiro atoms. The number of nitrogens with one attached hydrogen (secondary N) is 1. The van der Waals surface area contributed by atoms with Gasteiger partial charge < -0.3 is 14.6 Å². The largest absolute Gasteiger partial charge is 0.468 e. The molecule has 6 nitrogen and oxygen atoms in total. The molecule has 3 aromatic carbocycles. The number of nitrogens with zero attached hydrogens (tertiary/aromatic N) is 1. The molecule has 1 unspecified atom stereocenters. The monoisotopic (exact) mass is 554 g/mol. The summed E-state index contributed by atoms with van der Waals surface area (Å²) in [5.41, 5.74) is 7.59. The molecule has 40 heavy (non-hydrogen) atoms. The molecule has 0 aliphatic carbocycles. The van der Waals surface area contributed by atoms with Gasteiger partial charge in [-0.1, -0.05) is 60.6 Å². The number of allylic oxidation sites excluding steroid dienone is 1. The van der Waals surface area contributed by atoms with E-state index in [0.717, 1.165) is 39.0 Å². The minimum absolute atomic E-state index is 0.0249. The van der Waals surface area contributed by atoms with Gasteiger partial charge in [0, 0.05) is 35.8 Å². The number of rotatable bonds is 9. The number of hydrogen-bond acceptors (Lipinski definition) is 4. The zero-order chi connectivity index (χ0) is 28.8. The summed E-state index contributed by atoms with van der Waals surface area (Å²) in [6, 6.07) is 24.9. The van der Waals surface area contributed by atoms with E-state index < -0.39 is 5.97 Å². The van der Waals surface area contributed by atoms with E-state index in [2.05, 4.69) is 53.9 Å². The average Bonchev–Trinajstić information content (AvgIpc) is 2.96. The third kappa shape index (κ3) is 6.77. The van der Waals surface area contributed by atoms with E-state index in [1.807, 2.05) is 36.5 Å². The van der Waals surface area contributed by atoms with E-state index in [4.69, 9.17) is 11.6 Å². The molecule has 0 aliphatic heterocycles. The maximum atomic E-state index is 12.3. The van der Waals surface area contributed by atoms with Crippen molar-refractivity contribution in [1.29, 1.82) is 0 Å². The molecule has 1 N–H and O–H groups in total. The molecule has 0 saturated carbocycles. The summed E-state index contributed by atoms with van der Waals surface area (Å²) in [6.07, 6.45) is 2.48. The third-order valence-corrected chi connectivity index (χ3v) is 7.20. The highest BCUT2D eigenvalue weighted by Crippen LogP contribution is 2.37. The summed E-state index contributed by atoms with van der Waals surface area (Å²) in [7, 11) is 3.01. The van der Waals surface area contributed by atoms with Gasteiger partial charge in [-0.3, -0.25) is 14.4 Å². The van der Waals surface area contributed by atoms with Crippen molar-refractivity contribution in [3.8, 4) is 11.1 Å². The van der Waals surface area contributed by atoms with Crippen LogP contribution in [0.15, 0.2) is 96.4 Å². The van der Waals surface area contributed by atoms with Crippen LogP contribution in [0.1, 0.15) is 45.0 Å². The number of carbonyl (C=O) groups is 2. The number of halogens is 1. The van der Waals surface area contributed by atoms with Gasteiger partial charge in [0.05, 0.1) is 7.11 Å². The van der Waals surface area contributed by atoms with Crippen molar-refractivity contribution in [2.24, 2.45) is 7.05 Å². The van der Waals surface area contributed by atoms with Gasteiger partial charge in [0.2, 0.25) is 5.56 Å². The Hall–Kier alpha value is -4.42. The third-order valence-electron chi connectivity index (χ3n) is 6.97. The van der Waals surface area contributed by atoms with Crippen LogP contribution >= 0.6 is 11.6 Å². The molecule has 0 aliphatic rings. The predicted molar refractivity (Wildman–Crippen MR) is 160 cm³/mol. The van der Waals surface area contributed by atoms with Crippen LogP contribution in [-0.4, -0.2) is 30.1 Å². The van der Waals surface area contributed by atoms with Crippen LogP contribution in [0.5, 0.6) is 0 Å². The predicted octanol–water partition coefficient (Wildman–Crippen LogP) is 6.15. The fourth-order valence-corrected chi connectivity index (χ4v) is 4.88. The van der Waals surface area contributed by atoms with E-state index in [1.165, 1.54) is 7.11 Å². The molecule has 1 heterocycles. The molecule has 0 saturated heterocycles. The fraction of sp³-hybridized carbons (Fsp3) is 0.182. The molecule has 1 amide bonds. The van der Waals surface area contributed by atoms with Gasteiger partial charge in [0.25, 0.3) is 5.91 Å². The summed E-state index contributed by atoms with van der Waals surface area (Å²) in [5, 5.41) is 3.23. The first-order valence-electron chi connectivity index (χ1n) is 12.8. The second kappa shape index (κ2) is 12.6. The number of carbonyl (C=O) groups excluding carboxylic acids is 2. The summed E-state index contributed by atoms with van der Waals surface area (Å²) in [6.45, 7) is 6.23. The van der Waals surface area contributed by atoms with Gasteiger partial charge in [-0.2, -0.15) is 0 Å². The van der Waals surface area contributed by atoms with Gasteiger partial charge in [-0.25, -0.2) is 0 Å². The summed E-state index contributed by atoms with van der Waals surface area (Å²) in [4.78, 5) is 35.5. The molecule has 0 bridgehead atoms. The van der Waals surface area contributed by atoms with Gasteiger partial charge in [0.15, 0.2) is 0 Å². The molecule has 204 valence electrons. The summed E-state index contributed by atoms with van der Waals surface area (Å²) >= 11 is 6.26. The lowest BCUT2D eigenvalue weighted by Gasteiger charge is -2.22. The molecule has 0 fully saturated rings. The van der Waals surface area contributed by atoms with Crippen molar-refractivity contribution < 1.29 is 14.3 Å². The first-order valence-corrected chi connectivity index (χ1v) is 13.2.